The predicted octanol–water partition coefficient (Wildman–Crippen LogP) is 4.78. The van der Waals surface area contributed by atoms with E-state index in [0.29, 0.717) is 28.7 Å². The van der Waals surface area contributed by atoms with Gasteiger partial charge in [0.2, 0.25) is 0 Å². The summed E-state index contributed by atoms with van der Waals surface area (Å²) in [5.74, 6) is 1.59. The maximum absolute atomic E-state index is 12.8. The van der Waals surface area contributed by atoms with Gasteiger partial charge in [-0.3, -0.25) is 4.79 Å². The highest BCUT2D eigenvalue weighted by atomic mass is 35.5. The third-order valence-electron chi connectivity index (χ3n) is 4.30. The molecule has 5 nitrogen and oxygen atoms in total. The molecule has 1 amide bonds. The van der Waals surface area contributed by atoms with Gasteiger partial charge < -0.3 is 19.5 Å². The molecule has 0 spiro atoms. The number of benzene rings is 2. The van der Waals surface area contributed by atoms with Crippen LogP contribution in [0.2, 0.25) is 5.02 Å². The molecule has 0 unspecified atom stereocenters. The minimum atomic E-state index is -0.626. The molecule has 0 saturated heterocycles. The number of amides is 1. The summed E-state index contributed by atoms with van der Waals surface area (Å²) in [6, 6.07) is 12.6. The second kappa shape index (κ2) is 10.1. The van der Waals surface area contributed by atoms with E-state index in [1.54, 1.807) is 26.4 Å². The lowest BCUT2D eigenvalue weighted by Gasteiger charge is -2.23. The topological polar surface area (TPSA) is 56.8 Å². The molecule has 0 radical (unpaired) electrons. The summed E-state index contributed by atoms with van der Waals surface area (Å²) in [5, 5.41) is 3.54. The Bertz CT molecular complexity index is 766. The number of hydrogen-bond donors (Lipinski definition) is 1. The van der Waals surface area contributed by atoms with E-state index in [0.717, 1.165) is 12.0 Å². The number of hydrogen-bond acceptors (Lipinski definition) is 4. The number of rotatable bonds is 9. The number of halogens is 1. The zero-order valence-electron chi connectivity index (χ0n) is 16.1. The van der Waals surface area contributed by atoms with E-state index >= 15 is 0 Å². The van der Waals surface area contributed by atoms with Crippen molar-refractivity contribution in [1.82, 2.24) is 5.32 Å². The first-order valence-electron chi connectivity index (χ1n) is 8.97. The van der Waals surface area contributed by atoms with Crippen LogP contribution in [0.5, 0.6) is 17.2 Å². The van der Waals surface area contributed by atoms with Crippen LogP contribution in [-0.4, -0.2) is 26.2 Å². The largest absolute Gasteiger partial charge is 0.493 e. The Balaban J connectivity index is 2.14. The van der Waals surface area contributed by atoms with Crippen LogP contribution in [0.15, 0.2) is 42.5 Å². The maximum atomic E-state index is 12.8. The minimum Gasteiger partial charge on any atom is -0.493 e. The lowest BCUT2D eigenvalue weighted by molar-refractivity contribution is -0.128. The Morgan fingerprint density at radius 2 is 1.70 bits per heavy atom. The van der Waals surface area contributed by atoms with Crippen molar-refractivity contribution < 1.29 is 19.0 Å². The molecule has 6 heteroatoms. The summed E-state index contributed by atoms with van der Waals surface area (Å²) in [7, 11) is 3.18. The van der Waals surface area contributed by atoms with Crippen LogP contribution >= 0.6 is 11.6 Å². The minimum absolute atomic E-state index is 0.166. The van der Waals surface area contributed by atoms with Crippen molar-refractivity contribution in [3.8, 4) is 17.2 Å². The van der Waals surface area contributed by atoms with Gasteiger partial charge in [0.05, 0.1) is 25.3 Å². The molecule has 0 heterocycles. The van der Waals surface area contributed by atoms with Crippen LogP contribution in [0.3, 0.4) is 0 Å². The van der Waals surface area contributed by atoms with E-state index in [1.807, 2.05) is 44.2 Å². The highest BCUT2D eigenvalue weighted by Gasteiger charge is 2.23. The van der Waals surface area contributed by atoms with E-state index in [-0.39, 0.29) is 11.9 Å². The third-order valence-corrected chi connectivity index (χ3v) is 4.62. The third kappa shape index (κ3) is 5.30. The van der Waals surface area contributed by atoms with Crippen LogP contribution in [-0.2, 0) is 4.79 Å². The van der Waals surface area contributed by atoms with Crippen LogP contribution in [0.1, 0.15) is 38.3 Å². The summed E-state index contributed by atoms with van der Waals surface area (Å²) in [6.07, 6.45) is 0.627. The van der Waals surface area contributed by atoms with Gasteiger partial charge in [0.15, 0.2) is 17.6 Å². The predicted molar refractivity (Wildman–Crippen MR) is 107 cm³/mol. The Morgan fingerprint density at radius 3 is 2.30 bits per heavy atom. The first kappa shape index (κ1) is 20.9. The van der Waals surface area contributed by atoms with Crippen molar-refractivity contribution in [1.29, 1.82) is 0 Å². The molecule has 146 valence electrons. The van der Waals surface area contributed by atoms with Crippen LogP contribution < -0.4 is 19.5 Å². The number of methoxy groups -OCH3 is 2. The first-order chi connectivity index (χ1) is 13.0. The quantitative estimate of drug-likeness (QED) is 0.668. The van der Waals surface area contributed by atoms with E-state index in [4.69, 9.17) is 25.8 Å². The van der Waals surface area contributed by atoms with Gasteiger partial charge >= 0.3 is 0 Å². The zero-order chi connectivity index (χ0) is 19.8. The fourth-order valence-electron chi connectivity index (χ4n) is 2.77. The molecule has 2 rings (SSSR count). The van der Waals surface area contributed by atoms with Gasteiger partial charge in [-0.15, -0.1) is 0 Å². The van der Waals surface area contributed by atoms with Crippen molar-refractivity contribution in [2.45, 2.75) is 38.8 Å². The molecule has 0 saturated carbocycles. The zero-order valence-corrected chi connectivity index (χ0v) is 16.9. The molecule has 27 heavy (non-hydrogen) atoms. The summed E-state index contributed by atoms with van der Waals surface area (Å²) >= 11 is 6.14. The van der Waals surface area contributed by atoms with Crippen molar-refractivity contribution >= 4 is 17.5 Å². The number of nitrogens with one attached hydrogen (secondary N) is 1. The molecule has 0 fully saturated rings. The van der Waals surface area contributed by atoms with Crippen LogP contribution in [0.25, 0.3) is 0 Å². The molecule has 0 bridgehead atoms. The van der Waals surface area contributed by atoms with E-state index < -0.39 is 6.10 Å². The number of para-hydroxylation sites is 1. The number of carbonyl (C=O) groups excluding carboxylic acids is 1. The molecule has 2 aromatic carbocycles. The lowest BCUT2D eigenvalue weighted by Crippen LogP contribution is -2.40. The number of ether oxygens (including phenoxy) is 3. The fraction of sp³-hybridized carbons (Fsp3) is 0.381. The van der Waals surface area contributed by atoms with Gasteiger partial charge in [-0.1, -0.05) is 43.6 Å². The summed E-state index contributed by atoms with van der Waals surface area (Å²) < 4.78 is 16.5. The molecule has 2 aromatic rings. The Kier molecular flexibility index (Phi) is 7.80. The Morgan fingerprint density at radius 1 is 1.00 bits per heavy atom. The van der Waals surface area contributed by atoms with Crippen molar-refractivity contribution in [3.05, 3.63) is 53.1 Å². The molecular weight excluding hydrogens is 366 g/mol. The lowest BCUT2D eigenvalue weighted by atomic mass is 10.0. The van der Waals surface area contributed by atoms with E-state index in [9.17, 15) is 4.79 Å². The summed E-state index contributed by atoms with van der Waals surface area (Å²) in [5.41, 5.74) is 0.941. The monoisotopic (exact) mass is 391 g/mol. The maximum Gasteiger partial charge on any atom is 0.261 e. The second-order valence-corrected chi connectivity index (χ2v) is 6.44. The van der Waals surface area contributed by atoms with Gasteiger partial charge in [-0.25, -0.2) is 0 Å². The average Bonchev–Trinajstić information content (AvgIpc) is 2.70. The molecule has 2 atom stereocenters. The Labute approximate surface area is 165 Å². The summed E-state index contributed by atoms with van der Waals surface area (Å²) in [6.45, 7) is 3.91. The van der Waals surface area contributed by atoms with E-state index in [1.165, 1.54) is 0 Å². The van der Waals surface area contributed by atoms with Gasteiger partial charge in [0.25, 0.3) is 5.91 Å². The van der Waals surface area contributed by atoms with Gasteiger partial charge in [-0.2, -0.15) is 0 Å². The van der Waals surface area contributed by atoms with Crippen molar-refractivity contribution in [2.75, 3.05) is 14.2 Å². The molecule has 1 N–H and O–H groups in total. The second-order valence-electron chi connectivity index (χ2n) is 6.03. The SMILES string of the molecule is CC[C@H](Oc1ccccc1Cl)C(=O)N[C@H](CC)c1ccc(OC)c(OC)c1. The van der Waals surface area contributed by atoms with Crippen LogP contribution in [0, 0.1) is 0 Å². The standard InChI is InChI=1S/C21H26ClNO4/c1-5-16(14-11-12-19(25-3)20(13-14)26-4)23-21(24)17(6-2)27-18-10-8-7-9-15(18)22/h7-13,16-17H,5-6H2,1-4H3,(H,23,24)/t16-,17+/m1/s1. The van der Waals surface area contributed by atoms with Crippen LogP contribution in [0.4, 0.5) is 0 Å². The average molecular weight is 392 g/mol. The first-order valence-corrected chi connectivity index (χ1v) is 9.35. The number of carbonyl (C=O) groups is 1. The highest BCUT2D eigenvalue weighted by molar-refractivity contribution is 6.32. The van der Waals surface area contributed by atoms with Gasteiger partial charge in [-0.05, 0) is 42.7 Å². The van der Waals surface area contributed by atoms with Gasteiger partial charge in [0.1, 0.15) is 5.75 Å². The highest BCUT2D eigenvalue weighted by Crippen LogP contribution is 2.31. The normalized spacial score (nSPS) is 12.8. The van der Waals surface area contributed by atoms with E-state index in [2.05, 4.69) is 5.32 Å². The fourth-order valence-corrected chi connectivity index (χ4v) is 2.95. The molecule has 0 aliphatic rings. The molecule has 0 aromatic heterocycles. The molecule has 0 aliphatic carbocycles. The Hall–Kier alpha value is -2.40. The van der Waals surface area contributed by atoms with Gasteiger partial charge in [0, 0.05) is 0 Å². The summed E-state index contributed by atoms with van der Waals surface area (Å²) in [4.78, 5) is 12.8. The van der Waals surface area contributed by atoms with Crippen molar-refractivity contribution in [3.63, 3.8) is 0 Å². The molecular formula is C21H26ClNO4. The van der Waals surface area contributed by atoms with Crippen molar-refractivity contribution in [2.24, 2.45) is 0 Å². The smallest absolute Gasteiger partial charge is 0.261 e. The molecule has 0 aliphatic heterocycles.